The van der Waals surface area contributed by atoms with Crippen molar-refractivity contribution in [2.45, 2.75) is 38.7 Å². The number of hydrogen-bond donors (Lipinski definition) is 0. The van der Waals surface area contributed by atoms with Gasteiger partial charge in [0.25, 0.3) is 0 Å². The molecule has 0 amide bonds. The highest BCUT2D eigenvalue weighted by molar-refractivity contribution is 5.46. The van der Waals surface area contributed by atoms with Crippen LogP contribution in [0.5, 0.6) is 11.5 Å². The van der Waals surface area contributed by atoms with E-state index < -0.39 is 0 Å². The molecule has 0 N–H and O–H groups in total. The predicted molar refractivity (Wildman–Crippen MR) is 76.0 cm³/mol. The lowest BCUT2D eigenvalue weighted by atomic mass is 10.1. The number of benzene rings is 1. The van der Waals surface area contributed by atoms with Crippen LogP contribution in [0.4, 0.5) is 0 Å². The van der Waals surface area contributed by atoms with Crippen molar-refractivity contribution >= 4 is 0 Å². The monoisotopic (exact) mass is 275 g/mol. The Kier molecular flexibility index (Phi) is 5.69. The molecule has 1 aromatic rings. The number of nitrogens with zero attached hydrogens (tertiary/aromatic N) is 1. The van der Waals surface area contributed by atoms with E-state index in [1.54, 1.807) is 18.2 Å². The summed E-state index contributed by atoms with van der Waals surface area (Å²) in [6.45, 7) is 4.02. The van der Waals surface area contributed by atoms with Crippen LogP contribution < -0.4 is 9.47 Å². The van der Waals surface area contributed by atoms with E-state index in [1.807, 2.05) is 6.92 Å². The number of ether oxygens (including phenoxy) is 3. The van der Waals surface area contributed by atoms with Gasteiger partial charge in [-0.15, -0.1) is 0 Å². The van der Waals surface area contributed by atoms with Crippen LogP contribution in [0.15, 0.2) is 18.2 Å². The summed E-state index contributed by atoms with van der Waals surface area (Å²) in [7, 11) is 0. The number of nitriles is 1. The van der Waals surface area contributed by atoms with E-state index in [9.17, 15) is 0 Å². The Bertz CT molecular complexity index is 461. The first-order valence-corrected chi connectivity index (χ1v) is 7.25. The maximum absolute atomic E-state index is 8.90. The Hall–Kier alpha value is -1.73. The van der Waals surface area contributed by atoms with Crippen molar-refractivity contribution < 1.29 is 14.2 Å². The molecule has 0 saturated carbocycles. The molecule has 4 heteroatoms. The lowest BCUT2D eigenvalue weighted by Crippen LogP contribution is -2.08. The van der Waals surface area contributed by atoms with Crippen molar-refractivity contribution in [3.05, 3.63) is 23.8 Å². The fourth-order valence-corrected chi connectivity index (χ4v) is 2.33. The van der Waals surface area contributed by atoms with Crippen LogP contribution in [0.25, 0.3) is 0 Å². The SMILES string of the molecule is CCOc1cc(C#N)ccc1OCCCC1CCCO1. The molecule has 1 aliphatic heterocycles. The van der Waals surface area contributed by atoms with Crippen LogP contribution in [0.1, 0.15) is 38.2 Å². The fourth-order valence-electron chi connectivity index (χ4n) is 2.33. The molecule has 1 heterocycles. The van der Waals surface area contributed by atoms with Crippen molar-refractivity contribution in [1.29, 1.82) is 5.26 Å². The molecule has 1 aromatic carbocycles. The van der Waals surface area contributed by atoms with Crippen molar-refractivity contribution in [2.75, 3.05) is 19.8 Å². The minimum Gasteiger partial charge on any atom is -0.490 e. The molecule has 0 spiro atoms. The minimum atomic E-state index is 0.408. The molecule has 2 rings (SSSR count). The normalized spacial score (nSPS) is 17.7. The molecular formula is C16H21NO3. The van der Waals surface area contributed by atoms with Crippen molar-refractivity contribution in [3.63, 3.8) is 0 Å². The van der Waals surface area contributed by atoms with E-state index in [0.29, 0.717) is 36.4 Å². The third-order valence-electron chi connectivity index (χ3n) is 3.32. The van der Waals surface area contributed by atoms with E-state index >= 15 is 0 Å². The van der Waals surface area contributed by atoms with Crippen LogP contribution >= 0.6 is 0 Å². The summed E-state index contributed by atoms with van der Waals surface area (Å²) in [5.41, 5.74) is 0.583. The molecule has 1 aliphatic rings. The maximum atomic E-state index is 8.90. The van der Waals surface area contributed by atoms with Crippen LogP contribution in [0.3, 0.4) is 0 Å². The van der Waals surface area contributed by atoms with Gasteiger partial charge in [-0.25, -0.2) is 0 Å². The highest BCUT2D eigenvalue weighted by atomic mass is 16.5. The largest absolute Gasteiger partial charge is 0.490 e. The predicted octanol–water partition coefficient (Wildman–Crippen LogP) is 3.29. The van der Waals surface area contributed by atoms with Gasteiger partial charge in [-0.2, -0.15) is 5.26 Å². The van der Waals surface area contributed by atoms with Gasteiger partial charge in [0.05, 0.1) is 31.0 Å². The minimum absolute atomic E-state index is 0.408. The van der Waals surface area contributed by atoms with E-state index in [2.05, 4.69) is 6.07 Å². The van der Waals surface area contributed by atoms with E-state index in [4.69, 9.17) is 19.5 Å². The summed E-state index contributed by atoms with van der Waals surface area (Å²) in [6, 6.07) is 7.38. The lowest BCUT2D eigenvalue weighted by Gasteiger charge is -2.13. The molecule has 0 aromatic heterocycles. The third kappa shape index (κ3) is 4.14. The molecule has 20 heavy (non-hydrogen) atoms. The van der Waals surface area contributed by atoms with Gasteiger partial charge < -0.3 is 14.2 Å². The van der Waals surface area contributed by atoms with Crippen molar-refractivity contribution in [2.24, 2.45) is 0 Å². The van der Waals surface area contributed by atoms with Crippen LogP contribution in [0, 0.1) is 11.3 Å². The molecule has 1 fully saturated rings. The quantitative estimate of drug-likeness (QED) is 0.716. The molecule has 1 atom stereocenters. The van der Waals surface area contributed by atoms with Gasteiger partial charge >= 0.3 is 0 Å². The Morgan fingerprint density at radius 2 is 2.25 bits per heavy atom. The molecule has 0 aliphatic carbocycles. The second-order valence-electron chi connectivity index (χ2n) is 4.83. The van der Waals surface area contributed by atoms with Crippen LogP contribution in [0.2, 0.25) is 0 Å². The zero-order valence-electron chi connectivity index (χ0n) is 11.9. The van der Waals surface area contributed by atoms with E-state index in [0.717, 1.165) is 19.4 Å². The number of rotatable bonds is 7. The average molecular weight is 275 g/mol. The smallest absolute Gasteiger partial charge is 0.162 e. The highest BCUT2D eigenvalue weighted by Crippen LogP contribution is 2.28. The molecule has 108 valence electrons. The average Bonchev–Trinajstić information content (AvgIpc) is 2.98. The molecular weight excluding hydrogens is 254 g/mol. The Morgan fingerprint density at radius 3 is 2.95 bits per heavy atom. The summed E-state index contributed by atoms with van der Waals surface area (Å²) in [5.74, 6) is 1.35. The maximum Gasteiger partial charge on any atom is 0.162 e. The fraction of sp³-hybridized carbons (Fsp3) is 0.562. The van der Waals surface area contributed by atoms with Gasteiger partial charge in [0.1, 0.15) is 0 Å². The summed E-state index contributed by atoms with van der Waals surface area (Å²) in [5, 5.41) is 8.90. The first-order valence-electron chi connectivity index (χ1n) is 7.25. The molecule has 0 bridgehead atoms. The summed E-state index contributed by atoms with van der Waals surface area (Å²) >= 11 is 0. The zero-order chi connectivity index (χ0) is 14.2. The summed E-state index contributed by atoms with van der Waals surface area (Å²) < 4.78 is 16.8. The number of hydrogen-bond acceptors (Lipinski definition) is 4. The van der Waals surface area contributed by atoms with Gasteiger partial charge in [-0.3, -0.25) is 0 Å². The highest BCUT2D eigenvalue weighted by Gasteiger charge is 2.15. The first kappa shape index (κ1) is 14.7. The molecule has 0 radical (unpaired) electrons. The van der Waals surface area contributed by atoms with Crippen LogP contribution in [-0.4, -0.2) is 25.9 Å². The second kappa shape index (κ2) is 7.76. The third-order valence-corrected chi connectivity index (χ3v) is 3.32. The second-order valence-corrected chi connectivity index (χ2v) is 4.83. The summed E-state index contributed by atoms with van der Waals surface area (Å²) in [4.78, 5) is 0. The topological polar surface area (TPSA) is 51.5 Å². The Balaban J connectivity index is 1.83. The van der Waals surface area contributed by atoms with Crippen LogP contribution in [-0.2, 0) is 4.74 Å². The molecule has 1 saturated heterocycles. The standard InChI is InChI=1S/C16H21NO3/c1-2-18-16-11-13(12-17)7-8-15(16)20-10-4-6-14-5-3-9-19-14/h7-8,11,14H,2-6,9-10H2,1H3. The molecule has 4 nitrogen and oxygen atoms in total. The van der Waals surface area contributed by atoms with Gasteiger partial charge in [-0.05, 0) is 44.7 Å². The van der Waals surface area contributed by atoms with Crippen molar-refractivity contribution in [3.8, 4) is 17.6 Å². The van der Waals surface area contributed by atoms with Gasteiger partial charge in [0.15, 0.2) is 11.5 Å². The van der Waals surface area contributed by atoms with E-state index in [1.165, 1.54) is 12.8 Å². The summed E-state index contributed by atoms with van der Waals surface area (Å²) in [6.07, 6.45) is 4.76. The van der Waals surface area contributed by atoms with Crippen molar-refractivity contribution in [1.82, 2.24) is 0 Å². The molecule has 1 unspecified atom stereocenters. The van der Waals surface area contributed by atoms with Gasteiger partial charge in [0, 0.05) is 12.7 Å². The Labute approximate surface area is 120 Å². The van der Waals surface area contributed by atoms with Gasteiger partial charge in [-0.1, -0.05) is 0 Å². The lowest BCUT2D eigenvalue weighted by molar-refractivity contribution is 0.0979. The van der Waals surface area contributed by atoms with Gasteiger partial charge in [0.2, 0.25) is 0 Å². The first-order chi connectivity index (χ1) is 9.83. The van der Waals surface area contributed by atoms with E-state index in [-0.39, 0.29) is 0 Å². The zero-order valence-corrected chi connectivity index (χ0v) is 11.9. The Morgan fingerprint density at radius 1 is 1.35 bits per heavy atom.